The fourth-order valence-corrected chi connectivity index (χ4v) is 1.85. The van der Waals surface area contributed by atoms with Gasteiger partial charge in [-0.25, -0.2) is 9.37 Å². The molecule has 0 saturated carbocycles. The standard InChI is InChI=1S/C11H15BrClFN2/c1-8(2)16(5-3-4-12)11-10(14)6-9(13)7-15-11/h6-8H,3-5H2,1-2H3. The molecule has 2 nitrogen and oxygen atoms in total. The third-order valence-electron chi connectivity index (χ3n) is 2.22. The van der Waals surface area contributed by atoms with Crippen LogP contribution in [0.3, 0.4) is 0 Å². The van der Waals surface area contributed by atoms with Crippen LogP contribution < -0.4 is 4.90 Å². The second-order valence-corrected chi connectivity index (χ2v) is 5.02. The molecule has 0 unspecified atom stereocenters. The Bertz CT molecular complexity index is 347. The second kappa shape index (κ2) is 6.40. The highest BCUT2D eigenvalue weighted by Gasteiger charge is 2.16. The summed E-state index contributed by atoms with van der Waals surface area (Å²) in [4.78, 5) is 5.99. The van der Waals surface area contributed by atoms with Crippen molar-refractivity contribution in [2.24, 2.45) is 0 Å². The molecule has 0 fully saturated rings. The van der Waals surface area contributed by atoms with E-state index < -0.39 is 0 Å². The van der Waals surface area contributed by atoms with Gasteiger partial charge in [0.2, 0.25) is 0 Å². The monoisotopic (exact) mass is 308 g/mol. The predicted molar refractivity (Wildman–Crippen MR) is 70.1 cm³/mol. The average Bonchev–Trinajstić information content (AvgIpc) is 2.20. The van der Waals surface area contributed by atoms with Crippen molar-refractivity contribution in [3.05, 3.63) is 23.1 Å². The van der Waals surface area contributed by atoms with Crippen LogP contribution in [0.5, 0.6) is 0 Å². The number of pyridine rings is 1. The van der Waals surface area contributed by atoms with E-state index in [2.05, 4.69) is 20.9 Å². The smallest absolute Gasteiger partial charge is 0.167 e. The largest absolute Gasteiger partial charge is 0.352 e. The third kappa shape index (κ3) is 3.59. The fraction of sp³-hybridized carbons (Fsp3) is 0.545. The van der Waals surface area contributed by atoms with Gasteiger partial charge in [-0.15, -0.1) is 0 Å². The predicted octanol–water partition coefficient (Wildman–Crippen LogP) is 3.87. The van der Waals surface area contributed by atoms with Gasteiger partial charge in [0.25, 0.3) is 0 Å². The first-order valence-electron chi connectivity index (χ1n) is 5.20. The van der Waals surface area contributed by atoms with Crippen LogP contribution in [0.4, 0.5) is 10.2 Å². The molecule has 16 heavy (non-hydrogen) atoms. The summed E-state index contributed by atoms with van der Waals surface area (Å²) in [5, 5.41) is 1.22. The number of anilines is 1. The molecule has 0 atom stereocenters. The summed E-state index contributed by atoms with van der Waals surface area (Å²) in [6.45, 7) is 4.81. The summed E-state index contributed by atoms with van der Waals surface area (Å²) < 4.78 is 13.7. The highest BCUT2D eigenvalue weighted by atomic mass is 79.9. The van der Waals surface area contributed by atoms with Crippen molar-refractivity contribution in [2.75, 3.05) is 16.8 Å². The summed E-state index contributed by atoms with van der Waals surface area (Å²) in [5.74, 6) is 0.0103. The van der Waals surface area contributed by atoms with Crippen molar-refractivity contribution >= 4 is 33.3 Å². The van der Waals surface area contributed by atoms with E-state index in [9.17, 15) is 4.39 Å². The molecule has 0 aliphatic rings. The molecule has 0 amide bonds. The van der Waals surface area contributed by atoms with Crippen LogP contribution in [-0.2, 0) is 0 Å². The molecule has 0 spiro atoms. The first-order valence-corrected chi connectivity index (χ1v) is 6.70. The van der Waals surface area contributed by atoms with E-state index in [0.29, 0.717) is 10.8 Å². The zero-order valence-corrected chi connectivity index (χ0v) is 11.7. The number of alkyl halides is 1. The Balaban J connectivity index is 2.92. The van der Waals surface area contributed by atoms with Crippen LogP contribution in [0.1, 0.15) is 20.3 Å². The number of hydrogen-bond acceptors (Lipinski definition) is 2. The second-order valence-electron chi connectivity index (χ2n) is 3.79. The van der Waals surface area contributed by atoms with Crippen molar-refractivity contribution in [1.82, 2.24) is 4.98 Å². The molecular weight excluding hydrogens is 294 g/mol. The van der Waals surface area contributed by atoms with Crippen molar-refractivity contribution in [1.29, 1.82) is 0 Å². The quantitative estimate of drug-likeness (QED) is 0.768. The van der Waals surface area contributed by atoms with Gasteiger partial charge >= 0.3 is 0 Å². The van der Waals surface area contributed by atoms with Crippen LogP contribution in [-0.4, -0.2) is 22.9 Å². The van der Waals surface area contributed by atoms with E-state index in [1.165, 1.54) is 12.3 Å². The maximum Gasteiger partial charge on any atom is 0.167 e. The fourth-order valence-electron chi connectivity index (χ4n) is 1.46. The Labute approximate surface area is 109 Å². The first kappa shape index (κ1) is 13.7. The van der Waals surface area contributed by atoms with Crippen LogP contribution >= 0.6 is 27.5 Å². The molecule has 0 N–H and O–H groups in total. The molecule has 0 aliphatic carbocycles. The van der Waals surface area contributed by atoms with E-state index >= 15 is 0 Å². The van der Waals surface area contributed by atoms with E-state index in [-0.39, 0.29) is 11.9 Å². The Hall–Kier alpha value is -0.350. The zero-order chi connectivity index (χ0) is 12.1. The maximum atomic E-state index is 13.7. The molecule has 1 aromatic heterocycles. The number of aromatic nitrogens is 1. The number of rotatable bonds is 5. The lowest BCUT2D eigenvalue weighted by Crippen LogP contribution is -2.33. The number of nitrogens with zero attached hydrogens (tertiary/aromatic N) is 2. The number of hydrogen-bond donors (Lipinski definition) is 0. The topological polar surface area (TPSA) is 16.1 Å². The van der Waals surface area contributed by atoms with Crippen molar-refractivity contribution in [2.45, 2.75) is 26.3 Å². The SMILES string of the molecule is CC(C)N(CCCBr)c1ncc(Cl)cc1F. The minimum absolute atomic E-state index is 0.210. The van der Waals surface area contributed by atoms with Gasteiger partial charge in [-0.1, -0.05) is 27.5 Å². The molecule has 5 heteroatoms. The van der Waals surface area contributed by atoms with E-state index in [4.69, 9.17) is 11.6 Å². The minimum atomic E-state index is -0.365. The molecule has 0 saturated heterocycles. The molecule has 0 aromatic carbocycles. The molecule has 0 radical (unpaired) electrons. The molecule has 1 aromatic rings. The molecule has 0 aliphatic heterocycles. The van der Waals surface area contributed by atoms with Gasteiger partial charge in [0.05, 0.1) is 5.02 Å². The first-order chi connectivity index (χ1) is 7.56. The molecule has 1 heterocycles. The van der Waals surface area contributed by atoms with Gasteiger partial charge in [0.1, 0.15) is 0 Å². The van der Waals surface area contributed by atoms with Gasteiger partial charge in [0, 0.05) is 24.1 Å². The van der Waals surface area contributed by atoms with Gasteiger partial charge < -0.3 is 4.90 Å². The van der Waals surface area contributed by atoms with Gasteiger partial charge in [-0.3, -0.25) is 0 Å². The van der Waals surface area contributed by atoms with Crippen molar-refractivity contribution in [3.8, 4) is 0 Å². The normalized spacial score (nSPS) is 10.9. The third-order valence-corrected chi connectivity index (χ3v) is 2.98. The summed E-state index contributed by atoms with van der Waals surface area (Å²) in [6.07, 6.45) is 2.42. The molecular formula is C11H15BrClFN2. The summed E-state index contributed by atoms with van der Waals surface area (Å²) in [5.41, 5.74) is 0. The van der Waals surface area contributed by atoms with Crippen LogP contribution in [0.15, 0.2) is 12.3 Å². The lowest BCUT2D eigenvalue weighted by molar-refractivity contribution is 0.587. The summed E-state index contributed by atoms with van der Waals surface area (Å²) in [6, 6.07) is 1.51. The van der Waals surface area contributed by atoms with Crippen molar-refractivity contribution < 1.29 is 4.39 Å². The van der Waals surface area contributed by atoms with Crippen molar-refractivity contribution in [3.63, 3.8) is 0 Å². The molecule has 1 rings (SSSR count). The Morgan fingerprint density at radius 3 is 2.75 bits per heavy atom. The van der Waals surface area contributed by atoms with Crippen LogP contribution in [0.25, 0.3) is 0 Å². The highest BCUT2D eigenvalue weighted by molar-refractivity contribution is 9.09. The molecule has 90 valence electrons. The maximum absolute atomic E-state index is 13.7. The summed E-state index contributed by atoms with van der Waals surface area (Å²) in [7, 11) is 0. The number of halogens is 3. The zero-order valence-electron chi connectivity index (χ0n) is 9.38. The van der Waals surface area contributed by atoms with E-state index in [1.807, 2.05) is 18.7 Å². The Kier molecular flexibility index (Phi) is 5.49. The lowest BCUT2D eigenvalue weighted by Gasteiger charge is -2.27. The van der Waals surface area contributed by atoms with Gasteiger partial charge in [0.15, 0.2) is 11.6 Å². The average molecular weight is 310 g/mol. The Morgan fingerprint density at radius 2 is 2.25 bits per heavy atom. The lowest BCUT2D eigenvalue weighted by atomic mass is 10.2. The van der Waals surface area contributed by atoms with Crippen LogP contribution in [0, 0.1) is 5.82 Å². The van der Waals surface area contributed by atoms with Crippen LogP contribution in [0.2, 0.25) is 5.02 Å². The Morgan fingerprint density at radius 1 is 1.56 bits per heavy atom. The molecule has 0 bridgehead atoms. The minimum Gasteiger partial charge on any atom is -0.352 e. The van der Waals surface area contributed by atoms with E-state index in [1.54, 1.807) is 0 Å². The van der Waals surface area contributed by atoms with E-state index in [0.717, 1.165) is 18.3 Å². The summed E-state index contributed by atoms with van der Waals surface area (Å²) >= 11 is 9.04. The highest BCUT2D eigenvalue weighted by Crippen LogP contribution is 2.21. The van der Waals surface area contributed by atoms with Gasteiger partial charge in [-0.2, -0.15) is 0 Å². The van der Waals surface area contributed by atoms with Gasteiger partial charge in [-0.05, 0) is 26.3 Å².